The normalized spacial score (nSPS) is 20.6. The maximum absolute atomic E-state index is 12.3. The van der Waals surface area contributed by atoms with Crippen molar-refractivity contribution in [2.45, 2.75) is 12.8 Å². The summed E-state index contributed by atoms with van der Waals surface area (Å²) < 4.78 is 29.1. The van der Waals surface area contributed by atoms with Crippen molar-refractivity contribution in [3.8, 4) is 0 Å². The number of rotatable bonds is 4. The minimum atomic E-state index is -3.71. The van der Waals surface area contributed by atoms with Gasteiger partial charge in [-0.05, 0) is 47.6 Å². The van der Waals surface area contributed by atoms with Crippen molar-refractivity contribution >= 4 is 44.5 Å². The van der Waals surface area contributed by atoms with Crippen molar-refractivity contribution in [1.82, 2.24) is 4.31 Å². The molecule has 20 heavy (non-hydrogen) atoms. The molecule has 2 rings (SSSR count). The molecule has 2 N–H and O–H groups in total. The van der Waals surface area contributed by atoms with Crippen LogP contribution in [0.1, 0.15) is 12.8 Å². The predicted octanol–water partition coefficient (Wildman–Crippen LogP) is 1.74. The van der Waals surface area contributed by atoms with Gasteiger partial charge in [0.25, 0.3) is 0 Å². The Kier molecular flexibility index (Phi) is 4.86. The molecule has 110 valence electrons. The first-order valence-electron chi connectivity index (χ1n) is 6.15. The van der Waals surface area contributed by atoms with Gasteiger partial charge in [0.2, 0.25) is 0 Å². The van der Waals surface area contributed by atoms with Crippen LogP contribution in [0.25, 0.3) is 0 Å². The molecule has 1 aromatic carbocycles. The topological polar surface area (TPSA) is 86.7 Å². The van der Waals surface area contributed by atoms with Crippen molar-refractivity contribution in [3.63, 3.8) is 0 Å². The van der Waals surface area contributed by atoms with Crippen LogP contribution >= 0.6 is 22.6 Å². The number of benzene rings is 1. The highest BCUT2D eigenvalue weighted by molar-refractivity contribution is 14.1. The summed E-state index contributed by atoms with van der Waals surface area (Å²) in [6.45, 7) is 0.372. The highest BCUT2D eigenvalue weighted by atomic mass is 127. The maximum atomic E-state index is 12.3. The molecule has 1 fully saturated rings. The van der Waals surface area contributed by atoms with Gasteiger partial charge in [0.1, 0.15) is 0 Å². The maximum Gasteiger partial charge on any atom is 0.307 e. The van der Waals surface area contributed by atoms with E-state index in [4.69, 9.17) is 5.11 Å². The Hall–Kier alpha value is -0.870. The number of hydrogen-bond acceptors (Lipinski definition) is 3. The van der Waals surface area contributed by atoms with E-state index in [1.165, 1.54) is 4.31 Å². The van der Waals surface area contributed by atoms with E-state index >= 15 is 0 Å². The molecule has 1 aliphatic heterocycles. The minimum Gasteiger partial charge on any atom is -0.481 e. The molecule has 1 aliphatic rings. The monoisotopic (exact) mass is 410 g/mol. The fraction of sp³-hybridized carbons (Fsp3) is 0.417. The van der Waals surface area contributed by atoms with Crippen LogP contribution in [-0.2, 0) is 15.0 Å². The number of halogens is 1. The molecule has 0 aliphatic carbocycles. The zero-order valence-electron chi connectivity index (χ0n) is 10.6. The van der Waals surface area contributed by atoms with Crippen molar-refractivity contribution in [2.24, 2.45) is 5.92 Å². The fourth-order valence-corrected chi connectivity index (χ4v) is 4.15. The Labute approximate surface area is 131 Å². The summed E-state index contributed by atoms with van der Waals surface area (Å²) in [6.07, 6.45) is 1.08. The van der Waals surface area contributed by atoms with Gasteiger partial charge in [0.05, 0.1) is 11.6 Å². The third-order valence-electron chi connectivity index (χ3n) is 3.19. The number of para-hydroxylation sites is 1. The number of aliphatic carboxylic acids is 1. The molecule has 1 unspecified atom stereocenters. The minimum absolute atomic E-state index is 0.0219. The van der Waals surface area contributed by atoms with Crippen LogP contribution in [-0.4, -0.2) is 36.9 Å². The molecule has 1 heterocycles. The summed E-state index contributed by atoms with van der Waals surface area (Å²) in [5.74, 6) is -1.57. The van der Waals surface area contributed by atoms with E-state index in [0.29, 0.717) is 25.1 Å². The number of carboxylic acid groups (broad SMARTS) is 1. The Morgan fingerprint density at radius 2 is 2.10 bits per heavy atom. The lowest BCUT2D eigenvalue weighted by Crippen LogP contribution is -2.44. The molecular formula is C12H15IN2O4S. The largest absolute Gasteiger partial charge is 0.481 e. The molecule has 0 saturated carbocycles. The molecule has 0 spiro atoms. The lowest BCUT2D eigenvalue weighted by Gasteiger charge is -2.30. The van der Waals surface area contributed by atoms with Gasteiger partial charge in [-0.2, -0.15) is 12.7 Å². The second-order valence-electron chi connectivity index (χ2n) is 4.62. The summed E-state index contributed by atoms with van der Waals surface area (Å²) in [5.41, 5.74) is 0.505. The highest BCUT2D eigenvalue weighted by Crippen LogP contribution is 2.23. The molecule has 0 aromatic heterocycles. The van der Waals surface area contributed by atoms with Gasteiger partial charge in [-0.25, -0.2) is 0 Å². The van der Waals surface area contributed by atoms with E-state index in [2.05, 4.69) is 4.72 Å². The van der Waals surface area contributed by atoms with E-state index in [9.17, 15) is 13.2 Å². The molecular weight excluding hydrogens is 395 g/mol. The predicted molar refractivity (Wildman–Crippen MR) is 83.6 cm³/mol. The van der Waals surface area contributed by atoms with E-state index < -0.39 is 22.1 Å². The van der Waals surface area contributed by atoms with E-state index in [1.54, 1.807) is 18.2 Å². The Morgan fingerprint density at radius 1 is 1.40 bits per heavy atom. The van der Waals surface area contributed by atoms with Crippen molar-refractivity contribution in [3.05, 3.63) is 27.8 Å². The molecule has 8 heteroatoms. The Bertz CT molecular complexity index is 605. The number of carboxylic acids is 1. The third-order valence-corrected chi connectivity index (χ3v) is 5.62. The second kappa shape index (κ2) is 6.27. The standard InChI is InChI=1S/C12H15IN2O4S/c13-10-5-1-2-6-11(10)14-20(18,19)15-7-3-4-9(8-15)12(16)17/h1-2,5-6,9,14H,3-4,7-8H2,(H,16,17). The smallest absolute Gasteiger partial charge is 0.307 e. The highest BCUT2D eigenvalue weighted by Gasteiger charge is 2.32. The number of piperidine rings is 1. The quantitative estimate of drug-likeness (QED) is 0.741. The number of anilines is 1. The van der Waals surface area contributed by atoms with Gasteiger partial charge >= 0.3 is 16.2 Å². The summed E-state index contributed by atoms with van der Waals surface area (Å²) in [5, 5.41) is 9.01. The van der Waals surface area contributed by atoms with Crippen LogP contribution in [0, 0.1) is 9.49 Å². The van der Waals surface area contributed by atoms with Crippen LogP contribution in [0.15, 0.2) is 24.3 Å². The van der Waals surface area contributed by atoms with E-state index in [1.807, 2.05) is 28.7 Å². The van der Waals surface area contributed by atoms with Gasteiger partial charge in [0.15, 0.2) is 0 Å². The SMILES string of the molecule is O=C(O)C1CCCN(S(=O)(=O)Nc2ccccc2I)C1. The Balaban J connectivity index is 2.14. The molecule has 1 saturated heterocycles. The molecule has 0 bridgehead atoms. The van der Waals surface area contributed by atoms with E-state index in [0.717, 1.165) is 3.57 Å². The van der Waals surface area contributed by atoms with Crippen LogP contribution in [0.4, 0.5) is 5.69 Å². The second-order valence-corrected chi connectivity index (χ2v) is 7.46. The first-order chi connectivity index (χ1) is 9.40. The summed E-state index contributed by atoms with van der Waals surface area (Å²) in [4.78, 5) is 11.0. The van der Waals surface area contributed by atoms with Crippen molar-refractivity contribution in [2.75, 3.05) is 17.8 Å². The van der Waals surface area contributed by atoms with Crippen LogP contribution in [0.2, 0.25) is 0 Å². The van der Waals surface area contributed by atoms with Crippen molar-refractivity contribution in [1.29, 1.82) is 0 Å². The average Bonchev–Trinajstić information content (AvgIpc) is 2.41. The van der Waals surface area contributed by atoms with Crippen LogP contribution < -0.4 is 4.72 Å². The first kappa shape index (κ1) is 15.5. The zero-order chi connectivity index (χ0) is 14.8. The Morgan fingerprint density at radius 3 is 2.75 bits per heavy atom. The molecule has 0 radical (unpaired) electrons. The van der Waals surface area contributed by atoms with E-state index in [-0.39, 0.29) is 6.54 Å². The summed E-state index contributed by atoms with van der Waals surface area (Å²) >= 11 is 2.05. The number of nitrogens with one attached hydrogen (secondary N) is 1. The number of carbonyl (C=O) groups is 1. The molecule has 6 nitrogen and oxygen atoms in total. The number of nitrogens with zero attached hydrogens (tertiary/aromatic N) is 1. The fourth-order valence-electron chi connectivity index (χ4n) is 2.11. The average molecular weight is 410 g/mol. The molecule has 1 atom stereocenters. The van der Waals surface area contributed by atoms with Gasteiger partial charge in [0, 0.05) is 16.7 Å². The molecule has 0 amide bonds. The number of hydrogen-bond donors (Lipinski definition) is 2. The van der Waals surface area contributed by atoms with Crippen molar-refractivity contribution < 1.29 is 18.3 Å². The van der Waals surface area contributed by atoms with Crippen LogP contribution in [0.5, 0.6) is 0 Å². The zero-order valence-corrected chi connectivity index (χ0v) is 13.6. The van der Waals surface area contributed by atoms with Crippen LogP contribution in [0.3, 0.4) is 0 Å². The summed E-state index contributed by atoms with van der Waals surface area (Å²) in [6, 6.07) is 7.05. The van der Waals surface area contributed by atoms with Gasteiger partial charge < -0.3 is 5.11 Å². The first-order valence-corrected chi connectivity index (χ1v) is 8.67. The van der Waals surface area contributed by atoms with Gasteiger partial charge in [-0.3, -0.25) is 9.52 Å². The lowest BCUT2D eigenvalue weighted by molar-refractivity contribution is -0.142. The summed E-state index contributed by atoms with van der Waals surface area (Å²) in [7, 11) is -3.71. The molecule has 1 aromatic rings. The van der Waals surface area contributed by atoms with Gasteiger partial charge in [-0.15, -0.1) is 0 Å². The van der Waals surface area contributed by atoms with Gasteiger partial charge in [-0.1, -0.05) is 12.1 Å². The third kappa shape index (κ3) is 3.61. The lowest BCUT2D eigenvalue weighted by atomic mass is 10.0.